The molecular formula is C34H44N2O6S. The number of rotatable bonds is 9. The van der Waals surface area contributed by atoms with Gasteiger partial charge >= 0.3 is 5.97 Å². The van der Waals surface area contributed by atoms with Gasteiger partial charge in [-0.3, -0.25) is 9.17 Å². The molecule has 4 rings (SSSR count). The van der Waals surface area contributed by atoms with Crippen LogP contribution in [0, 0.1) is 26.2 Å². The third-order valence-electron chi connectivity index (χ3n) is 7.90. The number of carboxylic acids is 1. The molecule has 1 saturated heterocycles. The highest BCUT2D eigenvalue weighted by molar-refractivity contribution is 7.86. The minimum absolute atomic E-state index is 0.110. The van der Waals surface area contributed by atoms with E-state index in [4.69, 9.17) is 13.9 Å². The van der Waals surface area contributed by atoms with E-state index in [1.165, 1.54) is 12.1 Å². The van der Waals surface area contributed by atoms with Crippen LogP contribution in [-0.2, 0) is 30.4 Å². The van der Waals surface area contributed by atoms with Crippen LogP contribution in [0.4, 0.5) is 5.69 Å². The maximum atomic E-state index is 12.7. The summed E-state index contributed by atoms with van der Waals surface area (Å²) >= 11 is 0. The fourth-order valence-electron chi connectivity index (χ4n) is 5.44. The van der Waals surface area contributed by atoms with Crippen molar-refractivity contribution >= 4 is 21.8 Å². The summed E-state index contributed by atoms with van der Waals surface area (Å²) in [7, 11) is -3.90. The van der Waals surface area contributed by atoms with Crippen molar-refractivity contribution in [3.63, 3.8) is 0 Å². The van der Waals surface area contributed by atoms with E-state index in [0.717, 1.165) is 54.0 Å². The molecule has 2 aromatic carbocycles. The summed E-state index contributed by atoms with van der Waals surface area (Å²) in [5.74, 6) is -1.06. The lowest BCUT2D eigenvalue weighted by molar-refractivity contribution is -0.160. The highest BCUT2D eigenvalue weighted by Crippen LogP contribution is 2.44. The molecule has 0 radical (unpaired) electrons. The zero-order chi connectivity index (χ0) is 31.7. The van der Waals surface area contributed by atoms with Gasteiger partial charge in [0.25, 0.3) is 10.1 Å². The van der Waals surface area contributed by atoms with Crippen LogP contribution >= 0.6 is 0 Å². The molecule has 3 aromatic rings. The lowest BCUT2D eigenvalue weighted by atomic mass is 9.81. The number of aryl methyl sites for hydroxylation is 3. The van der Waals surface area contributed by atoms with Gasteiger partial charge in [0, 0.05) is 35.6 Å². The molecule has 0 bridgehead atoms. The zero-order valence-corrected chi connectivity index (χ0v) is 27.3. The van der Waals surface area contributed by atoms with Crippen LogP contribution < -0.4 is 4.90 Å². The van der Waals surface area contributed by atoms with Crippen molar-refractivity contribution in [3.05, 3.63) is 76.6 Å². The lowest BCUT2D eigenvalue weighted by Crippen LogP contribution is -2.39. The Bertz CT molecular complexity index is 1560. The smallest absolute Gasteiger partial charge is 0.337 e. The van der Waals surface area contributed by atoms with Crippen molar-refractivity contribution in [2.45, 2.75) is 91.4 Å². The van der Waals surface area contributed by atoms with Gasteiger partial charge in [0.05, 0.1) is 22.8 Å². The Morgan fingerprint density at radius 2 is 1.56 bits per heavy atom. The number of hydrogen-bond donors (Lipinski definition) is 1. The highest BCUT2D eigenvalue weighted by Gasteiger charge is 2.36. The maximum absolute atomic E-state index is 12.7. The van der Waals surface area contributed by atoms with Gasteiger partial charge in [-0.15, -0.1) is 0 Å². The Morgan fingerprint density at radius 1 is 0.977 bits per heavy atom. The number of ether oxygens (including phenoxy) is 1. The summed E-state index contributed by atoms with van der Waals surface area (Å²) < 4.78 is 36.9. The quantitative estimate of drug-likeness (QED) is 0.255. The molecule has 0 saturated carbocycles. The summed E-state index contributed by atoms with van der Waals surface area (Å²) in [5, 5.41) is 10.4. The molecule has 1 atom stereocenters. The molecule has 232 valence electrons. The third kappa shape index (κ3) is 7.82. The van der Waals surface area contributed by atoms with Gasteiger partial charge in [0.15, 0.2) is 6.10 Å². The Morgan fingerprint density at radius 3 is 2.09 bits per heavy atom. The van der Waals surface area contributed by atoms with E-state index in [9.17, 15) is 18.3 Å². The minimum Gasteiger partial charge on any atom is -0.479 e. The van der Waals surface area contributed by atoms with Gasteiger partial charge in [0.1, 0.15) is 0 Å². The largest absolute Gasteiger partial charge is 0.479 e. The summed E-state index contributed by atoms with van der Waals surface area (Å²) in [6, 6.07) is 14.0. The number of piperidine rings is 1. The second kappa shape index (κ2) is 12.4. The Balaban J connectivity index is 1.75. The fourth-order valence-corrected chi connectivity index (χ4v) is 6.34. The van der Waals surface area contributed by atoms with Gasteiger partial charge in [-0.1, -0.05) is 55.8 Å². The second-order valence-electron chi connectivity index (χ2n) is 13.2. The molecule has 1 aliphatic rings. The fraction of sp³-hybridized carbons (Fsp3) is 0.471. The molecule has 1 aliphatic heterocycles. The van der Waals surface area contributed by atoms with E-state index < -0.39 is 27.8 Å². The normalized spacial score (nSPS) is 16.2. The van der Waals surface area contributed by atoms with Crippen molar-refractivity contribution in [2.75, 3.05) is 18.0 Å². The van der Waals surface area contributed by atoms with Crippen LogP contribution in [0.5, 0.6) is 0 Å². The molecule has 0 spiro atoms. The van der Waals surface area contributed by atoms with Crippen LogP contribution in [-0.4, -0.2) is 43.2 Å². The van der Waals surface area contributed by atoms with E-state index in [0.29, 0.717) is 16.8 Å². The number of aromatic nitrogens is 1. The number of pyridine rings is 1. The maximum Gasteiger partial charge on any atom is 0.337 e. The van der Waals surface area contributed by atoms with Crippen molar-refractivity contribution in [3.8, 4) is 11.1 Å². The first-order valence-electron chi connectivity index (χ1n) is 14.7. The summed E-state index contributed by atoms with van der Waals surface area (Å²) in [4.78, 5) is 19.9. The van der Waals surface area contributed by atoms with Crippen LogP contribution in [0.15, 0.2) is 53.4 Å². The molecule has 1 N–H and O–H groups in total. The molecule has 1 unspecified atom stereocenters. The predicted molar refractivity (Wildman–Crippen MR) is 169 cm³/mol. The topological polar surface area (TPSA) is 106 Å². The van der Waals surface area contributed by atoms with Crippen LogP contribution in [0.1, 0.15) is 81.6 Å². The third-order valence-corrected chi connectivity index (χ3v) is 9.18. The molecule has 1 fully saturated rings. The number of nitrogens with zero attached hydrogens (tertiary/aromatic N) is 2. The number of anilines is 1. The van der Waals surface area contributed by atoms with Crippen molar-refractivity contribution in [2.24, 2.45) is 5.41 Å². The summed E-state index contributed by atoms with van der Waals surface area (Å²) in [6.07, 6.45) is 0.739. The first-order chi connectivity index (χ1) is 20.0. The number of benzene rings is 2. The van der Waals surface area contributed by atoms with Crippen LogP contribution in [0.3, 0.4) is 0 Å². The first-order valence-corrected chi connectivity index (χ1v) is 16.1. The van der Waals surface area contributed by atoms with Gasteiger partial charge in [-0.25, -0.2) is 4.79 Å². The van der Waals surface area contributed by atoms with Crippen molar-refractivity contribution in [1.29, 1.82) is 0 Å². The molecule has 1 aromatic heterocycles. The molecule has 0 aliphatic carbocycles. The average Bonchev–Trinajstić information content (AvgIpc) is 2.91. The molecule has 9 heteroatoms. The Kier molecular flexibility index (Phi) is 9.40. The van der Waals surface area contributed by atoms with E-state index in [1.54, 1.807) is 12.1 Å². The van der Waals surface area contributed by atoms with E-state index in [1.807, 2.05) is 65.8 Å². The number of carbonyl (C=O) groups is 1. The van der Waals surface area contributed by atoms with Crippen molar-refractivity contribution in [1.82, 2.24) is 4.98 Å². The second-order valence-corrected chi connectivity index (χ2v) is 14.9. The Labute approximate surface area is 256 Å². The van der Waals surface area contributed by atoms with Crippen LogP contribution in [0.2, 0.25) is 0 Å². The van der Waals surface area contributed by atoms with Gasteiger partial charge < -0.3 is 14.7 Å². The van der Waals surface area contributed by atoms with E-state index >= 15 is 0 Å². The standard InChI is InChI=1S/C34H44N2O6S/c1-22-9-15-27(16-10-22)43(39,40)41-21-25-11-13-26(14-12-25)28-23(2)35-24(3)29(31(32(37)38)42-33(4,5)6)30(28)36-19-17-34(7,8)18-20-36/h9-16,31H,17-21H2,1-8H3,(H,37,38). The number of hydrogen-bond acceptors (Lipinski definition) is 7. The average molecular weight is 609 g/mol. The monoisotopic (exact) mass is 608 g/mol. The molecule has 0 amide bonds. The van der Waals surface area contributed by atoms with Crippen LogP contribution in [0.25, 0.3) is 11.1 Å². The van der Waals surface area contributed by atoms with Gasteiger partial charge in [0.2, 0.25) is 0 Å². The minimum atomic E-state index is -3.90. The molecule has 43 heavy (non-hydrogen) atoms. The molecule has 2 heterocycles. The summed E-state index contributed by atoms with van der Waals surface area (Å²) in [6.45, 7) is 17.2. The zero-order valence-electron chi connectivity index (χ0n) is 26.5. The first kappa shape index (κ1) is 32.6. The summed E-state index contributed by atoms with van der Waals surface area (Å²) in [5.41, 5.74) is 5.69. The van der Waals surface area contributed by atoms with E-state index in [-0.39, 0.29) is 16.9 Å². The lowest BCUT2D eigenvalue weighted by Gasteiger charge is -2.41. The van der Waals surface area contributed by atoms with E-state index in [2.05, 4.69) is 18.7 Å². The number of carboxylic acid groups (broad SMARTS) is 1. The Hall–Kier alpha value is -3.27. The molecule has 8 nitrogen and oxygen atoms in total. The van der Waals surface area contributed by atoms with Crippen molar-refractivity contribution < 1.29 is 27.2 Å². The van der Waals surface area contributed by atoms with Gasteiger partial charge in [-0.05, 0) is 83.1 Å². The van der Waals surface area contributed by atoms with Gasteiger partial charge in [-0.2, -0.15) is 8.42 Å². The number of aliphatic carboxylic acids is 1. The predicted octanol–water partition coefficient (Wildman–Crippen LogP) is 7.15. The highest BCUT2D eigenvalue weighted by atomic mass is 32.2. The molecular weight excluding hydrogens is 564 g/mol. The SMILES string of the molecule is Cc1ccc(S(=O)(=O)OCc2ccc(-c3c(C)nc(C)c(C(OC(C)(C)C)C(=O)O)c3N3CCC(C)(C)CC3)cc2)cc1.